The molecular weight excluding hydrogens is 481 g/mol. The lowest BCUT2D eigenvalue weighted by atomic mass is 9.88. The standard InChI is InChI=1S/C27H35ClFNO2S.C2H2/c1-25(2,3)18-30(24(31)26(4,5)6)23-12-7-19(17-22(23)29)27(13-15-32-16-14-27)33-21-10-8-20(28)9-11-21;1-2/h7-12,17H,13-16,18H2,1-6H3;1-2H. The van der Waals surface area contributed by atoms with Gasteiger partial charge in [0.1, 0.15) is 5.82 Å². The van der Waals surface area contributed by atoms with Crippen LogP contribution in [0.15, 0.2) is 47.4 Å². The maximum absolute atomic E-state index is 15.7. The molecule has 1 aliphatic rings. The molecular formula is C29H37ClFNO2S. The molecule has 1 aliphatic heterocycles. The Morgan fingerprint density at radius 3 is 2.11 bits per heavy atom. The molecule has 190 valence electrons. The summed E-state index contributed by atoms with van der Waals surface area (Å²) in [5.74, 6) is -0.447. The molecule has 0 aliphatic carbocycles. The summed E-state index contributed by atoms with van der Waals surface area (Å²) in [6.07, 6.45) is 9.57. The lowest BCUT2D eigenvalue weighted by molar-refractivity contribution is -0.126. The Bertz CT molecular complexity index is 1020. The Hall–Kier alpha value is -2.00. The van der Waals surface area contributed by atoms with Crippen molar-refractivity contribution in [3.8, 4) is 12.8 Å². The summed E-state index contributed by atoms with van der Waals surface area (Å²) in [5.41, 5.74) is 0.486. The molecule has 0 atom stereocenters. The number of amides is 1. The summed E-state index contributed by atoms with van der Waals surface area (Å²) in [4.78, 5) is 15.9. The second-order valence-corrected chi connectivity index (χ2v) is 12.9. The molecule has 1 saturated heterocycles. The van der Waals surface area contributed by atoms with Crippen molar-refractivity contribution in [1.29, 1.82) is 0 Å². The Morgan fingerprint density at radius 2 is 1.63 bits per heavy atom. The molecule has 1 amide bonds. The van der Waals surface area contributed by atoms with Gasteiger partial charge in [-0.15, -0.1) is 24.6 Å². The minimum absolute atomic E-state index is 0.0830. The minimum Gasteiger partial charge on any atom is -0.381 e. The molecule has 3 rings (SSSR count). The van der Waals surface area contributed by atoms with E-state index in [1.165, 1.54) is 0 Å². The van der Waals surface area contributed by atoms with Gasteiger partial charge in [0.05, 0.1) is 5.69 Å². The van der Waals surface area contributed by atoms with Crippen molar-refractivity contribution in [2.45, 2.75) is 64.0 Å². The van der Waals surface area contributed by atoms with Crippen molar-refractivity contribution in [1.82, 2.24) is 0 Å². The van der Waals surface area contributed by atoms with E-state index in [0.29, 0.717) is 30.5 Å². The zero-order valence-electron chi connectivity index (χ0n) is 21.7. The molecule has 0 spiro atoms. The molecule has 0 aromatic heterocycles. The number of terminal acetylenes is 1. The lowest BCUT2D eigenvalue weighted by Crippen LogP contribution is -2.44. The third kappa shape index (κ3) is 7.74. The summed E-state index contributed by atoms with van der Waals surface area (Å²) in [7, 11) is 0. The third-order valence-corrected chi connectivity index (χ3v) is 7.51. The van der Waals surface area contributed by atoms with Crippen LogP contribution in [0.1, 0.15) is 59.9 Å². The van der Waals surface area contributed by atoms with Gasteiger partial charge in [0.15, 0.2) is 0 Å². The van der Waals surface area contributed by atoms with Crippen molar-refractivity contribution < 1.29 is 13.9 Å². The highest BCUT2D eigenvalue weighted by Gasteiger charge is 2.37. The van der Waals surface area contributed by atoms with E-state index < -0.39 is 5.41 Å². The predicted octanol–water partition coefficient (Wildman–Crippen LogP) is 7.95. The molecule has 2 aromatic carbocycles. The van der Waals surface area contributed by atoms with E-state index in [2.05, 4.69) is 33.6 Å². The van der Waals surface area contributed by atoms with Gasteiger partial charge in [-0.05, 0) is 60.2 Å². The number of anilines is 1. The van der Waals surface area contributed by atoms with Crippen LogP contribution >= 0.6 is 23.4 Å². The Labute approximate surface area is 219 Å². The topological polar surface area (TPSA) is 29.5 Å². The summed E-state index contributed by atoms with van der Waals surface area (Å²) >= 11 is 7.80. The molecule has 0 bridgehead atoms. The van der Waals surface area contributed by atoms with Crippen LogP contribution in [-0.2, 0) is 14.3 Å². The van der Waals surface area contributed by atoms with Crippen LogP contribution in [0, 0.1) is 29.5 Å². The van der Waals surface area contributed by atoms with Crippen LogP contribution in [-0.4, -0.2) is 25.7 Å². The quantitative estimate of drug-likeness (QED) is 0.377. The molecule has 1 heterocycles. The van der Waals surface area contributed by atoms with Gasteiger partial charge in [0, 0.05) is 39.8 Å². The molecule has 6 heteroatoms. The molecule has 0 N–H and O–H groups in total. The van der Waals surface area contributed by atoms with Crippen LogP contribution < -0.4 is 4.90 Å². The monoisotopic (exact) mass is 517 g/mol. The average molecular weight is 518 g/mol. The molecule has 3 nitrogen and oxygen atoms in total. The number of rotatable bonds is 5. The van der Waals surface area contributed by atoms with Gasteiger partial charge >= 0.3 is 0 Å². The van der Waals surface area contributed by atoms with Crippen molar-refractivity contribution >= 4 is 35.0 Å². The highest BCUT2D eigenvalue weighted by molar-refractivity contribution is 8.00. The van der Waals surface area contributed by atoms with E-state index in [0.717, 1.165) is 23.3 Å². The number of carbonyl (C=O) groups excluding carboxylic acids is 1. The van der Waals surface area contributed by atoms with Crippen molar-refractivity contribution in [3.05, 3.63) is 58.9 Å². The number of nitrogens with zero attached hydrogens (tertiary/aromatic N) is 1. The van der Waals surface area contributed by atoms with Crippen LogP contribution in [0.2, 0.25) is 5.02 Å². The fourth-order valence-electron chi connectivity index (χ4n) is 4.03. The normalized spacial score (nSPS) is 15.6. The third-order valence-electron chi connectivity index (χ3n) is 5.71. The summed E-state index contributed by atoms with van der Waals surface area (Å²) in [6.45, 7) is 13.5. The Kier molecular flexibility index (Phi) is 9.87. The summed E-state index contributed by atoms with van der Waals surface area (Å²) in [6, 6.07) is 13.1. The highest BCUT2D eigenvalue weighted by atomic mass is 35.5. The molecule has 0 radical (unpaired) electrons. The molecule has 2 aromatic rings. The minimum atomic E-state index is -0.608. The number of ether oxygens (including phenoxy) is 1. The van der Waals surface area contributed by atoms with Crippen LogP contribution in [0.3, 0.4) is 0 Å². The first kappa shape index (κ1) is 29.2. The SMILES string of the molecule is C#C.CC(C)(C)CN(C(=O)C(C)(C)C)c1ccc(C2(Sc3ccc(Cl)cc3)CCOCC2)cc1F. The van der Waals surface area contributed by atoms with E-state index >= 15 is 4.39 Å². The van der Waals surface area contributed by atoms with Crippen LogP contribution in [0.25, 0.3) is 0 Å². The molecule has 0 saturated carbocycles. The van der Waals surface area contributed by atoms with E-state index in [9.17, 15) is 4.79 Å². The predicted molar refractivity (Wildman–Crippen MR) is 147 cm³/mol. The number of halogens is 2. The molecule has 35 heavy (non-hydrogen) atoms. The second-order valence-electron chi connectivity index (χ2n) is 11.0. The fraction of sp³-hybridized carbons (Fsp3) is 0.483. The Balaban J connectivity index is 0.00000210. The van der Waals surface area contributed by atoms with Gasteiger partial charge in [0.25, 0.3) is 0 Å². The highest BCUT2D eigenvalue weighted by Crippen LogP contribution is 2.49. The molecule has 1 fully saturated rings. The number of carbonyl (C=O) groups is 1. The first-order valence-electron chi connectivity index (χ1n) is 11.8. The van der Waals surface area contributed by atoms with Crippen LogP contribution in [0.4, 0.5) is 10.1 Å². The van der Waals surface area contributed by atoms with E-state index in [-0.39, 0.29) is 21.9 Å². The van der Waals surface area contributed by atoms with Gasteiger partial charge < -0.3 is 9.64 Å². The Morgan fingerprint density at radius 1 is 1.06 bits per heavy atom. The van der Waals surface area contributed by atoms with Gasteiger partial charge in [-0.1, -0.05) is 59.2 Å². The largest absolute Gasteiger partial charge is 0.381 e. The maximum Gasteiger partial charge on any atom is 0.232 e. The second kappa shape index (κ2) is 11.8. The number of thioether (sulfide) groups is 1. The summed E-state index contributed by atoms with van der Waals surface area (Å²) < 4.78 is 21.0. The van der Waals surface area contributed by atoms with Gasteiger partial charge in [-0.2, -0.15) is 0 Å². The zero-order chi connectivity index (χ0) is 26.4. The van der Waals surface area contributed by atoms with Crippen molar-refractivity contribution in [3.63, 3.8) is 0 Å². The van der Waals surface area contributed by atoms with Crippen molar-refractivity contribution in [2.24, 2.45) is 10.8 Å². The summed E-state index contributed by atoms with van der Waals surface area (Å²) in [5, 5.41) is 0.693. The first-order valence-corrected chi connectivity index (χ1v) is 13.0. The lowest BCUT2D eigenvalue weighted by Gasteiger charge is -2.38. The average Bonchev–Trinajstić information content (AvgIpc) is 2.79. The van der Waals surface area contributed by atoms with E-state index in [1.54, 1.807) is 28.8 Å². The van der Waals surface area contributed by atoms with Gasteiger partial charge in [0.2, 0.25) is 5.91 Å². The van der Waals surface area contributed by atoms with E-state index in [4.69, 9.17) is 16.3 Å². The first-order chi connectivity index (χ1) is 16.3. The van der Waals surface area contributed by atoms with Gasteiger partial charge in [-0.25, -0.2) is 4.39 Å². The number of hydrogen-bond acceptors (Lipinski definition) is 3. The maximum atomic E-state index is 15.7. The fourth-order valence-corrected chi connectivity index (χ4v) is 5.50. The van der Waals surface area contributed by atoms with E-state index in [1.807, 2.05) is 51.1 Å². The smallest absolute Gasteiger partial charge is 0.232 e. The van der Waals surface area contributed by atoms with Crippen molar-refractivity contribution in [2.75, 3.05) is 24.7 Å². The van der Waals surface area contributed by atoms with Crippen LogP contribution in [0.5, 0.6) is 0 Å². The number of benzene rings is 2. The molecule has 0 unspecified atom stereocenters. The number of hydrogen-bond donors (Lipinski definition) is 0. The zero-order valence-corrected chi connectivity index (χ0v) is 23.2. The van der Waals surface area contributed by atoms with Gasteiger partial charge in [-0.3, -0.25) is 4.79 Å².